The third kappa shape index (κ3) is 5.01. The van der Waals surface area contributed by atoms with Crippen molar-refractivity contribution in [1.29, 1.82) is 0 Å². The van der Waals surface area contributed by atoms with Crippen LogP contribution in [-0.2, 0) is 41.2 Å². The molecule has 2 heterocycles. The van der Waals surface area contributed by atoms with Crippen molar-refractivity contribution < 1.29 is 42.5 Å². The maximum atomic E-state index is 14.7. The summed E-state index contributed by atoms with van der Waals surface area (Å²) < 4.78 is 74.2. The number of sulfonamides is 1. The number of benzene rings is 2. The summed E-state index contributed by atoms with van der Waals surface area (Å²) in [5.41, 5.74) is 0.691. The van der Waals surface area contributed by atoms with Gasteiger partial charge in [0.2, 0.25) is 0 Å². The first kappa shape index (κ1) is 22.7. The molecule has 0 spiro atoms. The monoisotopic (exact) mass is 617 g/mol. The Morgan fingerprint density at radius 3 is 2.20 bits per heavy atom. The number of piperidine rings is 1. The molecule has 0 saturated carbocycles. The molecule has 164 valence electrons. The Morgan fingerprint density at radius 2 is 1.57 bits per heavy atom. The second-order valence-corrected chi connectivity index (χ2v) is 9.17. The second kappa shape index (κ2) is 9.43. The summed E-state index contributed by atoms with van der Waals surface area (Å²) in [5.74, 6) is -2.67. The molecule has 4 rings (SSSR count). The van der Waals surface area contributed by atoms with E-state index < -0.39 is 34.4 Å². The number of hydrogen-bond acceptors (Lipinski definition) is 5. The molecule has 0 bridgehead atoms. The van der Waals surface area contributed by atoms with Gasteiger partial charge in [0.05, 0.1) is 5.75 Å². The molecule has 1 atom stereocenters. The van der Waals surface area contributed by atoms with Crippen LogP contribution in [0.5, 0.6) is 0 Å². The Kier molecular flexibility index (Phi) is 7.13. The van der Waals surface area contributed by atoms with E-state index >= 15 is 0 Å². The molecule has 2 aliphatic rings. The first-order valence-corrected chi connectivity index (χ1v) is 12.7. The molecule has 0 aromatic heterocycles. The van der Waals surface area contributed by atoms with Crippen LogP contribution in [0, 0.1) is 0 Å². The predicted octanol–water partition coefficient (Wildman–Crippen LogP) is 3.51. The van der Waals surface area contributed by atoms with Gasteiger partial charge in [0.25, 0.3) is 15.9 Å². The topological polar surface area (TPSA) is 83.9 Å². The summed E-state index contributed by atoms with van der Waals surface area (Å²) >= 11 is -1.92. The van der Waals surface area contributed by atoms with Crippen molar-refractivity contribution in [1.82, 2.24) is 4.90 Å². The van der Waals surface area contributed by atoms with Crippen molar-refractivity contribution in [3.05, 3.63) is 71.3 Å². The second-order valence-electron chi connectivity index (χ2n) is 7.03. The Morgan fingerprint density at radius 1 is 0.967 bits per heavy atom. The maximum absolute atomic E-state index is 14.7. The summed E-state index contributed by atoms with van der Waals surface area (Å²) in [6.07, 6.45) is 1.69. The van der Waals surface area contributed by atoms with Crippen molar-refractivity contribution in [3.63, 3.8) is 0 Å². The minimum atomic E-state index is -3.44. The van der Waals surface area contributed by atoms with E-state index in [1.165, 1.54) is 24.3 Å². The number of amidine groups is 1. The van der Waals surface area contributed by atoms with Crippen molar-refractivity contribution in [2.75, 3.05) is 18.8 Å². The molecule has 10 heteroatoms. The van der Waals surface area contributed by atoms with Crippen LogP contribution in [0.15, 0.2) is 59.0 Å². The van der Waals surface area contributed by atoms with Crippen LogP contribution in [0.2, 0.25) is 0 Å². The van der Waals surface area contributed by atoms with Gasteiger partial charge in [-0.25, -0.2) is 8.42 Å². The molecular weight excluding hydrogens is 597 g/mol. The van der Waals surface area contributed by atoms with E-state index in [4.69, 9.17) is 6.80 Å². The van der Waals surface area contributed by atoms with Gasteiger partial charge in [-0.3, -0.25) is 0 Å². The Bertz CT molecular complexity index is 1050. The van der Waals surface area contributed by atoms with Gasteiger partial charge in [-0.05, 0) is 18.4 Å². The fourth-order valence-electron chi connectivity index (χ4n) is 3.77. The zero-order chi connectivity index (χ0) is 21.8. The molecule has 1 saturated heterocycles. The quantitative estimate of drug-likeness (QED) is 0.527. The standard InChI is InChI=1S/C20H20F2N2O2S.2O.Pt/c21-20(22,16-5-2-1-3-6-16)17-10-8-15(9-11-17)18-7-4-12-24-13-14-27(25,26)23-19(18)24;;;/h1-3,5-6,8-11,18H,4,7,12-14H2;;;. The van der Waals surface area contributed by atoms with E-state index in [0.29, 0.717) is 12.4 Å². The Balaban J connectivity index is 0.000000806. The zero-order valence-electron chi connectivity index (χ0n) is 15.8. The van der Waals surface area contributed by atoms with Gasteiger partial charge in [-0.15, -0.1) is 4.40 Å². The third-order valence-corrected chi connectivity index (χ3v) is 6.38. The fraction of sp³-hybridized carbons (Fsp3) is 0.350. The average Bonchev–Trinajstić information content (AvgIpc) is 2.74. The predicted molar refractivity (Wildman–Crippen MR) is 102 cm³/mol. The molecule has 2 aromatic carbocycles. The first-order valence-electron chi connectivity index (χ1n) is 9.24. The summed E-state index contributed by atoms with van der Waals surface area (Å²) in [4.78, 5) is 2.00. The molecule has 0 N–H and O–H groups in total. The molecule has 6 nitrogen and oxygen atoms in total. The van der Waals surface area contributed by atoms with Crippen molar-refractivity contribution in [3.8, 4) is 0 Å². The van der Waals surface area contributed by atoms with Gasteiger partial charge in [0, 0.05) is 30.1 Å². The molecular formula is C20H20F2N2O4PtS. The van der Waals surface area contributed by atoms with Gasteiger partial charge < -0.3 is 4.90 Å². The molecule has 1 unspecified atom stereocenters. The molecule has 0 radical (unpaired) electrons. The normalized spacial score (nSPS) is 20.5. The number of halogens is 2. The third-order valence-electron chi connectivity index (χ3n) is 5.22. The number of fused-ring (bicyclic) bond motifs is 1. The Hall–Kier alpha value is -1.99. The van der Waals surface area contributed by atoms with Crippen molar-refractivity contribution in [2.45, 2.75) is 24.7 Å². The molecule has 0 aliphatic carbocycles. The number of hydrogen-bond donors (Lipinski definition) is 0. The summed E-state index contributed by atoms with van der Waals surface area (Å²) in [7, 11) is -3.44. The summed E-state index contributed by atoms with van der Waals surface area (Å²) in [6, 6.07) is 13.9. The van der Waals surface area contributed by atoms with E-state index in [-0.39, 0.29) is 22.8 Å². The van der Waals surface area contributed by atoms with Crippen LogP contribution in [0.4, 0.5) is 8.78 Å². The molecule has 30 heavy (non-hydrogen) atoms. The Labute approximate surface area is 182 Å². The van der Waals surface area contributed by atoms with Crippen LogP contribution in [-0.4, -0.2) is 38.0 Å². The van der Waals surface area contributed by atoms with Gasteiger partial charge in [0.15, 0.2) is 0 Å². The van der Waals surface area contributed by atoms with E-state index in [1.54, 1.807) is 30.3 Å². The van der Waals surface area contributed by atoms with Crippen LogP contribution in [0.1, 0.15) is 35.4 Å². The van der Waals surface area contributed by atoms with Gasteiger partial charge in [0.1, 0.15) is 5.84 Å². The van der Waals surface area contributed by atoms with Crippen molar-refractivity contribution >= 4 is 15.9 Å². The average molecular weight is 618 g/mol. The van der Waals surface area contributed by atoms with Crippen LogP contribution < -0.4 is 0 Å². The number of rotatable bonds is 3. The molecule has 1 fully saturated rings. The summed E-state index contributed by atoms with van der Waals surface area (Å²) in [6.45, 7) is 1.23. The first-order chi connectivity index (χ1) is 14.3. The fourth-order valence-corrected chi connectivity index (χ4v) is 4.84. The SMILES string of the molecule is O=S1(=O)CCN2CCCC(c3ccc(C(F)(F)c4ccccc4)cc3)C2=N1.[O]=[Pt]=[O]. The van der Waals surface area contributed by atoms with Gasteiger partial charge in [-0.2, -0.15) is 8.78 Å². The zero-order valence-corrected chi connectivity index (χ0v) is 18.9. The van der Waals surface area contributed by atoms with Crippen molar-refractivity contribution in [2.24, 2.45) is 4.40 Å². The van der Waals surface area contributed by atoms with Crippen LogP contribution >= 0.6 is 0 Å². The number of nitrogens with zero attached hydrogens (tertiary/aromatic N) is 2. The van der Waals surface area contributed by atoms with E-state index in [9.17, 15) is 17.2 Å². The molecule has 2 aliphatic heterocycles. The van der Waals surface area contributed by atoms with Crippen LogP contribution in [0.3, 0.4) is 0 Å². The molecule has 2 aromatic rings. The summed E-state index contributed by atoms with van der Waals surface area (Å²) in [5, 5.41) is 0. The van der Waals surface area contributed by atoms with E-state index in [2.05, 4.69) is 4.40 Å². The van der Waals surface area contributed by atoms with E-state index in [0.717, 1.165) is 24.9 Å². The molecule has 0 amide bonds. The van der Waals surface area contributed by atoms with Gasteiger partial charge >= 0.3 is 25.3 Å². The number of alkyl halides is 2. The van der Waals surface area contributed by atoms with Gasteiger partial charge in [-0.1, -0.05) is 54.6 Å². The minimum absolute atomic E-state index is 0.0332. The van der Waals surface area contributed by atoms with Crippen LogP contribution in [0.25, 0.3) is 0 Å². The van der Waals surface area contributed by atoms with E-state index in [1.807, 2.05) is 4.90 Å².